The quantitative estimate of drug-likeness (QED) is 0.695. The predicted molar refractivity (Wildman–Crippen MR) is 63.4 cm³/mol. The Balaban J connectivity index is 0.00000196. The molecule has 1 aromatic carbocycles. The van der Waals surface area contributed by atoms with Gasteiger partial charge in [-0.05, 0) is 30.5 Å². The highest BCUT2D eigenvalue weighted by Gasteiger charge is 2.07. The standard InChI is InChI=1S/C11H15NO2.ClH/c1-2-3-4-11(12)8-5-9(13)7-10(14)6-8;/h2,5-7,11,13-14H,1,3-4,12H2;1H/t11-;/m0./s1. The van der Waals surface area contributed by atoms with Crippen LogP contribution in [0.15, 0.2) is 30.9 Å². The third-order valence-corrected chi connectivity index (χ3v) is 2.03. The first-order valence-electron chi connectivity index (χ1n) is 4.53. The van der Waals surface area contributed by atoms with E-state index < -0.39 is 0 Å². The smallest absolute Gasteiger partial charge is 0.119 e. The number of hydrogen-bond acceptors (Lipinski definition) is 3. The Morgan fingerprint density at radius 3 is 2.27 bits per heavy atom. The van der Waals surface area contributed by atoms with E-state index in [0.29, 0.717) is 0 Å². The van der Waals surface area contributed by atoms with Gasteiger partial charge in [0.25, 0.3) is 0 Å². The molecule has 0 fully saturated rings. The van der Waals surface area contributed by atoms with E-state index in [1.165, 1.54) is 6.07 Å². The van der Waals surface area contributed by atoms with Crippen LogP contribution in [0.4, 0.5) is 0 Å². The SMILES string of the molecule is C=CCC[C@H](N)c1cc(O)cc(O)c1.Cl. The largest absolute Gasteiger partial charge is 0.508 e. The van der Waals surface area contributed by atoms with Gasteiger partial charge in [-0.15, -0.1) is 19.0 Å². The van der Waals surface area contributed by atoms with Gasteiger partial charge >= 0.3 is 0 Å². The number of rotatable bonds is 4. The molecule has 3 nitrogen and oxygen atoms in total. The molecule has 4 heteroatoms. The number of halogens is 1. The highest BCUT2D eigenvalue weighted by atomic mass is 35.5. The summed E-state index contributed by atoms with van der Waals surface area (Å²) in [4.78, 5) is 0. The first-order chi connectivity index (χ1) is 6.63. The van der Waals surface area contributed by atoms with Crippen molar-refractivity contribution in [1.82, 2.24) is 0 Å². The Labute approximate surface area is 95.6 Å². The van der Waals surface area contributed by atoms with Gasteiger partial charge in [-0.25, -0.2) is 0 Å². The van der Waals surface area contributed by atoms with Crippen LogP contribution >= 0.6 is 12.4 Å². The number of phenolic OH excluding ortho intramolecular Hbond substituents is 2. The third kappa shape index (κ3) is 4.23. The second-order valence-corrected chi connectivity index (χ2v) is 3.26. The summed E-state index contributed by atoms with van der Waals surface area (Å²) in [6.07, 6.45) is 3.37. The lowest BCUT2D eigenvalue weighted by Gasteiger charge is -2.11. The second kappa shape index (κ2) is 6.32. The summed E-state index contributed by atoms with van der Waals surface area (Å²) in [5.41, 5.74) is 6.59. The fourth-order valence-corrected chi connectivity index (χ4v) is 1.30. The molecule has 0 heterocycles. The maximum Gasteiger partial charge on any atom is 0.119 e. The maximum absolute atomic E-state index is 9.23. The van der Waals surface area contributed by atoms with Crippen LogP contribution in [0.2, 0.25) is 0 Å². The van der Waals surface area contributed by atoms with Crippen LogP contribution in [0.25, 0.3) is 0 Å². The molecule has 1 aromatic rings. The van der Waals surface area contributed by atoms with Gasteiger partial charge in [-0.2, -0.15) is 0 Å². The molecule has 0 aliphatic carbocycles. The molecule has 15 heavy (non-hydrogen) atoms. The summed E-state index contributed by atoms with van der Waals surface area (Å²) in [6.45, 7) is 3.61. The second-order valence-electron chi connectivity index (χ2n) is 3.26. The van der Waals surface area contributed by atoms with Gasteiger partial charge in [0.2, 0.25) is 0 Å². The van der Waals surface area contributed by atoms with Gasteiger partial charge < -0.3 is 15.9 Å². The van der Waals surface area contributed by atoms with E-state index in [-0.39, 0.29) is 29.9 Å². The summed E-state index contributed by atoms with van der Waals surface area (Å²) in [7, 11) is 0. The molecule has 0 saturated carbocycles. The molecule has 0 radical (unpaired) electrons. The molecular weight excluding hydrogens is 214 g/mol. The van der Waals surface area contributed by atoms with E-state index >= 15 is 0 Å². The monoisotopic (exact) mass is 229 g/mol. The van der Waals surface area contributed by atoms with Crippen molar-refractivity contribution in [2.24, 2.45) is 5.73 Å². The molecule has 4 N–H and O–H groups in total. The Hall–Kier alpha value is -1.19. The molecule has 0 bridgehead atoms. The number of hydrogen-bond donors (Lipinski definition) is 3. The van der Waals surface area contributed by atoms with Crippen molar-refractivity contribution in [2.75, 3.05) is 0 Å². The lowest BCUT2D eigenvalue weighted by atomic mass is 10.0. The fraction of sp³-hybridized carbons (Fsp3) is 0.273. The first kappa shape index (κ1) is 13.8. The van der Waals surface area contributed by atoms with Crippen molar-refractivity contribution in [2.45, 2.75) is 18.9 Å². The topological polar surface area (TPSA) is 66.5 Å². The molecule has 84 valence electrons. The summed E-state index contributed by atoms with van der Waals surface area (Å²) in [6, 6.07) is 4.23. The van der Waals surface area contributed by atoms with E-state index in [4.69, 9.17) is 5.73 Å². The molecular formula is C11H16ClNO2. The van der Waals surface area contributed by atoms with Crippen LogP contribution in [0.3, 0.4) is 0 Å². The van der Waals surface area contributed by atoms with Gasteiger partial charge in [0.05, 0.1) is 0 Å². The zero-order valence-electron chi connectivity index (χ0n) is 8.39. The molecule has 0 saturated heterocycles. The zero-order valence-corrected chi connectivity index (χ0v) is 9.20. The Morgan fingerprint density at radius 2 is 1.80 bits per heavy atom. The van der Waals surface area contributed by atoms with E-state index in [0.717, 1.165) is 18.4 Å². The van der Waals surface area contributed by atoms with Crippen molar-refractivity contribution >= 4 is 12.4 Å². The summed E-state index contributed by atoms with van der Waals surface area (Å²) >= 11 is 0. The summed E-state index contributed by atoms with van der Waals surface area (Å²) in [5.74, 6) is 0.0723. The molecule has 0 aromatic heterocycles. The summed E-state index contributed by atoms with van der Waals surface area (Å²) in [5, 5.41) is 18.5. The molecule has 0 aliphatic heterocycles. The molecule has 1 atom stereocenters. The van der Waals surface area contributed by atoms with Crippen molar-refractivity contribution in [1.29, 1.82) is 0 Å². The predicted octanol–water partition coefficient (Wildman–Crippen LogP) is 2.49. The first-order valence-corrected chi connectivity index (χ1v) is 4.53. The van der Waals surface area contributed by atoms with Crippen molar-refractivity contribution in [3.8, 4) is 11.5 Å². The number of phenols is 2. The van der Waals surface area contributed by atoms with Crippen LogP contribution in [-0.4, -0.2) is 10.2 Å². The minimum atomic E-state index is -0.175. The molecule has 0 unspecified atom stereocenters. The number of nitrogens with two attached hydrogens (primary N) is 1. The van der Waals surface area contributed by atoms with Crippen molar-refractivity contribution in [3.05, 3.63) is 36.4 Å². The highest BCUT2D eigenvalue weighted by Crippen LogP contribution is 2.25. The van der Waals surface area contributed by atoms with Gasteiger partial charge in [0.1, 0.15) is 11.5 Å². The zero-order chi connectivity index (χ0) is 10.6. The summed E-state index contributed by atoms with van der Waals surface area (Å²) < 4.78 is 0. The maximum atomic E-state index is 9.23. The molecule has 0 amide bonds. The molecule has 0 aliphatic rings. The van der Waals surface area contributed by atoms with E-state index in [2.05, 4.69) is 6.58 Å². The lowest BCUT2D eigenvalue weighted by Crippen LogP contribution is -2.09. The molecule has 1 rings (SSSR count). The van der Waals surface area contributed by atoms with Gasteiger partial charge in [0, 0.05) is 12.1 Å². The fourth-order valence-electron chi connectivity index (χ4n) is 1.30. The lowest BCUT2D eigenvalue weighted by molar-refractivity contribution is 0.447. The van der Waals surface area contributed by atoms with E-state index in [9.17, 15) is 10.2 Å². The van der Waals surface area contributed by atoms with Crippen molar-refractivity contribution < 1.29 is 10.2 Å². The van der Waals surface area contributed by atoms with Crippen LogP contribution in [0.1, 0.15) is 24.4 Å². The Kier molecular flexibility index (Phi) is 5.82. The highest BCUT2D eigenvalue weighted by molar-refractivity contribution is 5.85. The average molecular weight is 230 g/mol. The van der Waals surface area contributed by atoms with E-state index in [1.54, 1.807) is 18.2 Å². The van der Waals surface area contributed by atoms with Crippen LogP contribution in [0, 0.1) is 0 Å². The average Bonchev–Trinajstić information content (AvgIpc) is 2.12. The normalized spacial score (nSPS) is 11.5. The molecule has 0 spiro atoms. The minimum absolute atomic E-state index is 0. The minimum Gasteiger partial charge on any atom is -0.508 e. The van der Waals surface area contributed by atoms with Gasteiger partial charge in [-0.3, -0.25) is 0 Å². The Bertz CT molecular complexity index is 308. The van der Waals surface area contributed by atoms with E-state index in [1.807, 2.05) is 0 Å². The van der Waals surface area contributed by atoms with Crippen LogP contribution < -0.4 is 5.73 Å². The van der Waals surface area contributed by atoms with Gasteiger partial charge in [-0.1, -0.05) is 6.08 Å². The Morgan fingerprint density at radius 1 is 1.27 bits per heavy atom. The number of aromatic hydroxyl groups is 2. The number of benzene rings is 1. The van der Waals surface area contributed by atoms with Crippen molar-refractivity contribution in [3.63, 3.8) is 0 Å². The third-order valence-electron chi connectivity index (χ3n) is 2.03. The van der Waals surface area contributed by atoms with Crippen LogP contribution in [-0.2, 0) is 0 Å². The number of allylic oxidation sites excluding steroid dienone is 1. The van der Waals surface area contributed by atoms with Gasteiger partial charge in [0.15, 0.2) is 0 Å². The van der Waals surface area contributed by atoms with Crippen LogP contribution in [0.5, 0.6) is 11.5 Å².